The average Bonchev–Trinajstić information content (AvgIpc) is 3.26. The number of nitrogens with one attached hydrogen (secondary N) is 1. The van der Waals surface area contributed by atoms with Gasteiger partial charge in [-0.1, -0.05) is 60.7 Å². The summed E-state index contributed by atoms with van der Waals surface area (Å²) in [5, 5.41) is 14.5. The standard InChI is InChI=1S/C24H22N4O3S.ClH/c29-21(30)12-11-19-16-32-24(27-19)28-22-23(31-15-18-9-5-2-6-10-18)26-20(14-25-22)13-17-7-3-1-4-8-17;/h1-10,14,16H,11-13,15H2,(H,29,30)(H,25,27,28);1H. The maximum atomic E-state index is 10.8. The lowest BCUT2D eigenvalue weighted by Crippen LogP contribution is -2.06. The van der Waals surface area contributed by atoms with E-state index in [0.717, 1.165) is 22.5 Å². The lowest BCUT2D eigenvalue weighted by molar-refractivity contribution is -0.136. The van der Waals surface area contributed by atoms with E-state index in [4.69, 9.17) is 14.8 Å². The molecule has 0 saturated heterocycles. The highest BCUT2D eigenvalue weighted by molar-refractivity contribution is 7.13. The summed E-state index contributed by atoms with van der Waals surface area (Å²) in [4.78, 5) is 24.5. The van der Waals surface area contributed by atoms with Crippen molar-refractivity contribution in [2.75, 3.05) is 5.32 Å². The quantitative estimate of drug-likeness (QED) is 0.317. The molecule has 7 nitrogen and oxygen atoms in total. The van der Waals surface area contributed by atoms with Crippen molar-refractivity contribution in [3.05, 3.63) is 94.8 Å². The third-order valence-electron chi connectivity index (χ3n) is 4.61. The minimum absolute atomic E-state index is 0. The Bertz CT molecular complexity index is 1170. The number of aryl methyl sites for hydroxylation is 1. The number of benzene rings is 2. The number of hydrogen-bond acceptors (Lipinski definition) is 7. The molecule has 0 aliphatic carbocycles. The van der Waals surface area contributed by atoms with Crippen LogP contribution in [0.3, 0.4) is 0 Å². The van der Waals surface area contributed by atoms with Gasteiger partial charge in [-0.2, -0.15) is 0 Å². The number of aliphatic carboxylic acids is 1. The van der Waals surface area contributed by atoms with Crippen LogP contribution in [0.2, 0.25) is 0 Å². The number of hydrogen-bond donors (Lipinski definition) is 2. The Kier molecular flexibility index (Phi) is 8.74. The number of nitrogens with zero attached hydrogens (tertiary/aromatic N) is 3. The van der Waals surface area contributed by atoms with E-state index >= 15 is 0 Å². The molecule has 0 aliphatic heterocycles. The summed E-state index contributed by atoms with van der Waals surface area (Å²) in [6.45, 7) is 0.362. The Hall–Kier alpha value is -3.49. The summed E-state index contributed by atoms with van der Waals surface area (Å²) < 4.78 is 6.02. The number of anilines is 2. The fraction of sp³-hybridized carbons (Fsp3) is 0.167. The second-order valence-electron chi connectivity index (χ2n) is 7.11. The van der Waals surface area contributed by atoms with Crippen LogP contribution >= 0.6 is 23.7 Å². The highest BCUT2D eigenvalue weighted by Crippen LogP contribution is 2.27. The van der Waals surface area contributed by atoms with Crippen molar-refractivity contribution < 1.29 is 14.6 Å². The van der Waals surface area contributed by atoms with E-state index in [-0.39, 0.29) is 18.8 Å². The summed E-state index contributed by atoms with van der Waals surface area (Å²) in [7, 11) is 0. The van der Waals surface area contributed by atoms with Crippen LogP contribution in [-0.4, -0.2) is 26.0 Å². The van der Waals surface area contributed by atoms with Crippen molar-refractivity contribution in [3.8, 4) is 5.88 Å². The fourth-order valence-corrected chi connectivity index (χ4v) is 3.77. The zero-order chi connectivity index (χ0) is 22.2. The van der Waals surface area contributed by atoms with Gasteiger partial charge in [0.25, 0.3) is 5.88 Å². The number of carboxylic acids is 1. The van der Waals surface area contributed by atoms with Crippen LogP contribution in [0.1, 0.15) is 28.9 Å². The van der Waals surface area contributed by atoms with Crippen LogP contribution in [0.5, 0.6) is 5.88 Å². The topological polar surface area (TPSA) is 97.2 Å². The molecule has 2 aromatic carbocycles. The molecule has 0 spiro atoms. The Morgan fingerprint density at radius 2 is 1.67 bits per heavy atom. The van der Waals surface area contributed by atoms with E-state index in [0.29, 0.717) is 36.3 Å². The number of ether oxygens (including phenoxy) is 1. The average molecular weight is 483 g/mol. The lowest BCUT2D eigenvalue weighted by atomic mass is 10.1. The van der Waals surface area contributed by atoms with Crippen molar-refractivity contribution in [1.82, 2.24) is 15.0 Å². The van der Waals surface area contributed by atoms with E-state index in [1.807, 2.05) is 66.0 Å². The number of aromatic nitrogens is 3. The molecule has 0 aliphatic rings. The van der Waals surface area contributed by atoms with Crippen molar-refractivity contribution in [2.24, 2.45) is 0 Å². The Labute approximate surface area is 201 Å². The first-order valence-corrected chi connectivity index (χ1v) is 11.0. The molecule has 9 heteroatoms. The maximum Gasteiger partial charge on any atom is 0.303 e. The molecule has 0 bridgehead atoms. The molecule has 0 fully saturated rings. The van der Waals surface area contributed by atoms with Gasteiger partial charge in [-0.15, -0.1) is 23.7 Å². The van der Waals surface area contributed by atoms with E-state index in [1.165, 1.54) is 11.3 Å². The first-order valence-electron chi connectivity index (χ1n) is 10.2. The monoisotopic (exact) mass is 482 g/mol. The molecule has 2 N–H and O–H groups in total. The number of rotatable bonds is 10. The molecule has 4 aromatic rings. The Morgan fingerprint density at radius 1 is 0.970 bits per heavy atom. The zero-order valence-electron chi connectivity index (χ0n) is 17.7. The second-order valence-corrected chi connectivity index (χ2v) is 7.97. The van der Waals surface area contributed by atoms with Gasteiger partial charge in [-0.05, 0) is 11.1 Å². The Morgan fingerprint density at radius 3 is 2.36 bits per heavy atom. The first-order chi connectivity index (χ1) is 15.7. The summed E-state index contributed by atoms with van der Waals surface area (Å²) in [6, 6.07) is 19.9. The molecule has 0 amide bonds. The van der Waals surface area contributed by atoms with Crippen LogP contribution in [-0.2, 0) is 24.2 Å². The van der Waals surface area contributed by atoms with E-state index < -0.39 is 5.97 Å². The van der Waals surface area contributed by atoms with Crippen molar-refractivity contribution in [2.45, 2.75) is 25.9 Å². The molecule has 2 heterocycles. The van der Waals surface area contributed by atoms with Crippen LogP contribution in [0.15, 0.2) is 72.2 Å². The van der Waals surface area contributed by atoms with Crippen LogP contribution in [0.4, 0.5) is 10.9 Å². The van der Waals surface area contributed by atoms with Gasteiger partial charge in [0.1, 0.15) is 6.61 Å². The van der Waals surface area contributed by atoms with Crippen molar-refractivity contribution >= 4 is 40.7 Å². The highest BCUT2D eigenvalue weighted by Gasteiger charge is 2.13. The molecule has 2 aromatic heterocycles. The molecule has 0 atom stereocenters. The number of thiazole rings is 1. The minimum Gasteiger partial charge on any atom is -0.481 e. The summed E-state index contributed by atoms with van der Waals surface area (Å²) in [6.07, 6.45) is 2.80. The first kappa shape index (κ1) is 24.2. The van der Waals surface area contributed by atoms with Gasteiger partial charge in [0.05, 0.1) is 24.0 Å². The lowest BCUT2D eigenvalue weighted by Gasteiger charge is -2.12. The molecule has 170 valence electrons. The fourth-order valence-electron chi connectivity index (χ4n) is 3.02. The van der Waals surface area contributed by atoms with E-state index in [2.05, 4.69) is 15.3 Å². The molecule has 4 rings (SSSR count). The molecule has 0 unspecified atom stereocenters. The maximum absolute atomic E-state index is 10.8. The summed E-state index contributed by atoms with van der Waals surface area (Å²) in [5.41, 5.74) is 3.69. The number of halogens is 1. The van der Waals surface area contributed by atoms with Gasteiger partial charge in [-0.25, -0.2) is 15.0 Å². The van der Waals surface area contributed by atoms with Crippen molar-refractivity contribution in [1.29, 1.82) is 0 Å². The van der Waals surface area contributed by atoms with Gasteiger partial charge in [0, 0.05) is 18.2 Å². The normalized spacial score (nSPS) is 10.3. The van der Waals surface area contributed by atoms with E-state index in [1.54, 1.807) is 6.20 Å². The van der Waals surface area contributed by atoms with Gasteiger partial charge in [-0.3, -0.25) is 4.79 Å². The third-order valence-corrected chi connectivity index (χ3v) is 5.42. The Balaban J connectivity index is 0.00000306. The SMILES string of the molecule is Cl.O=C(O)CCc1csc(Nc2ncc(Cc3ccccc3)nc2OCc2ccccc2)n1. The van der Waals surface area contributed by atoms with Gasteiger partial charge in [0.15, 0.2) is 10.9 Å². The van der Waals surface area contributed by atoms with Crippen LogP contribution < -0.4 is 10.1 Å². The molecular formula is C24H23ClN4O3S. The smallest absolute Gasteiger partial charge is 0.303 e. The largest absolute Gasteiger partial charge is 0.481 e. The van der Waals surface area contributed by atoms with Gasteiger partial charge < -0.3 is 15.2 Å². The molecular weight excluding hydrogens is 460 g/mol. The summed E-state index contributed by atoms with van der Waals surface area (Å²) >= 11 is 1.39. The molecule has 33 heavy (non-hydrogen) atoms. The molecule has 0 radical (unpaired) electrons. The highest BCUT2D eigenvalue weighted by atomic mass is 35.5. The summed E-state index contributed by atoms with van der Waals surface area (Å²) in [5.74, 6) is 0.0189. The van der Waals surface area contributed by atoms with Crippen LogP contribution in [0, 0.1) is 0 Å². The zero-order valence-corrected chi connectivity index (χ0v) is 19.3. The van der Waals surface area contributed by atoms with Crippen molar-refractivity contribution in [3.63, 3.8) is 0 Å². The number of carbonyl (C=O) groups is 1. The number of carboxylic acid groups (broad SMARTS) is 1. The third kappa shape index (κ3) is 7.27. The second kappa shape index (κ2) is 11.9. The molecule has 0 saturated carbocycles. The predicted molar refractivity (Wildman–Crippen MR) is 131 cm³/mol. The van der Waals surface area contributed by atoms with Crippen LogP contribution in [0.25, 0.3) is 0 Å². The minimum atomic E-state index is -0.844. The van der Waals surface area contributed by atoms with Gasteiger partial charge >= 0.3 is 5.97 Å². The van der Waals surface area contributed by atoms with Gasteiger partial charge in [0.2, 0.25) is 0 Å². The predicted octanol–water partition coefficient (Wildman–Crippen LogP) is 5.29. The van der Waals surface area contributed by atoms with E-state index in [9.17, 15) is 4.79 Å².